The van der Waals surface area contributed by atoms with Gasteiger partial charge in [0.05, 0.1) is 24.0 Å². The van der Waals surface area contributed by atoms with Crippen LogP contribution in [-0.4, -0.2) is 18.3 Å². The summed E-state index contributed by atoms with van der Waals surface area (Å²) < 4.78 is 4.94. The van der Waals surface area contributed by atoms with Gasteiger partial charge in [-0.3, -0.25) is 5.01 Å². The third-order valence-corrected chi connectivity index (χ3v) is 5.47. The molecule has 1 atom stereocenters. The van der Waals surface area contributed by atoms with E-state index in [4.69, 9.17) is 9.84 Å². The monoisotopic (exact) mass is 447 g/mol. The van der Waals surface area contributed by atoms with E-state index in [1.807, 2.05) is 71.7 Å². The molecule has 1 heterocycles. The van der Waals surface area contributed by atoms with E-state index < -0.39 is 5.97 Å². The average molecular weight is 448 g/mol. The summed E-state index contributed by atoms with van der Waals surface area (Å²) in [6.45, 7) is 1.94. The molecule has 5 nitrogen and oxygen atoms in total. The van der Waals surface area contributed by atoms with Crippen LogP contribution in [0.1, 0.15) is 36.1 Å². The molecule has 0 N–H and O–H groups in total. The van der Waals surface area contributed by atoms with Gasteiger partial charge in [-0.25, -0.2) is 4.79 Å². The van der Waals surface area contributed by atoms with Gasteiger partial charge in [-0.1, -0.05) is 78.9 Å². The quantitative estimate of drug-likeness (QED) is 0.246. The van der Waals surface area contributed by atoms with Gasteiger partial charge in [0.1, 0.15) is 11.6 Å². The molecule has 0 aromatic heterocycles. The standard InChI is InChI=1S/C29H25N3O2/c1-2-34-29(33)25(21-30)19-23-14-17-27(18-15-23)32-28(24-11-7-4-8-12-24)20-26(31-32)16-13-22-9-5-3-6-10-22/h3-19,28H,2,20H2,1H3/b16-13+,25-19+/t28-/m1/s1. The molecule has 3 aromatic rings. The van der Waals surface area contributed by atoms with Crippen LogP contribution in [0.15, 0.2) is 102 Å². The van der Waals surface area contributed by atoms with Crippen LogP contribution in [0.3, 0.4) is 0 Å². The predicted molar refractivity (Wildman–Crippen MR) is 136 cm³/mol. The van der Waals surface area contributed by atoms with Crippen molar-refractivity contribution in [3.63, 3.8) is 0 Å². The largest absolute Gasteiger partial charge is 0.462 e. The Morgan fingerprint density at radius 2 is 1.68 bits per heavy atom. The second-order valence-corrected chi connectivity index (χ2v) is 7.79. The minimum absolute atomic E-state index is 0.0238. The number of esters is 1. The number of allylic oxidation sites excluding steroid dienone is 1. The fourth-order valence-electron chi connectivity index (χ4n) is 3.80. The SMILES string of the molecule is CCOC(=O)/C(C#N)=C/c1ccc(N2N=C(/C=C/c3ccccc3)C[C@@H]2c2ccccc2)cc1. The molecule has 0 radical (unpaired) electrons. The number of ether oxygens (including phenoxy) is 1. The number of hydrogen-bond donors (Lipinski definition) is 0. The Bertz CT molecular complexity index is 1250. The Balaban J connectivity index is 1.61. The minimum Gasteiger partial charge on any atom is -0.462 e. The zero-order chi connectivity index (χ0) is 23.8. The zero-order valence-corrected chi connectivity index (χ0v) is 19.0. The maximum absolute atomic E-state index is 11.9. The molecule has 0 saturated carbocycles. The molecule has 168 valence electrons. The molecule has 0 aliphatic carbocycles. The van der Waals surface area contributed by atoms with Crippen LogP contribution < -0.4 is 5.01 Å². The van der Waals surface area contributed by atoms with E-state index in [1.165, 1.54) is 11.6 Å². The van der Waals surface area contributed by atoms with Crippen molar-refractivity contribution in [3.05, 3.63) is 113 Å². The van der Waals surface area contributed by atoms with Crippen molar-refractivity contribution in [1.82, 2.24) is 0 Å². The van der Waals surface area contributed by atoms with E-state index >= 15 is 0 Å². The molecule has 0 unspecified atom stereocenters. The van der Waals surface area contributed by atoms with Gasteiger partial charge in [0, 0.05) is 6.42 Å². The van der Waals surface area contributed by atoms with Crippen LogP contribution >= 0.6 is 0 Å². The highest BCUT2D eigenvalue weighted by atomic mass is 16.5. The number of anilines is 1. The Kier molecular flexibility index (Phi) is 7.32. The highest BCUT2D eigenvalue weighted by Gasteiger charge is 2.28. The van der Waals surface area contributed by atoms with Gasteiger partial charge in [0.2, 0.25) is 0 Å². The number of nitriles is 1. The molecule has 4 rings (SSSR count). The van der Waals surface area contributed by atoms with Crippen molar-refractivity contribution < 1.29 is 9.53 Å². The first-order valence-electron chi connectivity index (χ1n) is 11.2. The molecule has 0 amide bonds. The lowest BCUT2D eigenvalue weighted by atomic mass is 10.0. The number of hydrogen-bond acceptors (Lipinski definition) is 5. The summed E-state index contributed by atoms with van der Waals surface area (Å²) in [5.74, 6) is -0.614. The number of carbonyl (C=O) groups is 1. The summed E-state index contributed by atoms with van der Waals surface area (Å²) in [5, 5.41) is 16.2. The second kappa shape index (κ2) is 10.9. The van der Waals surface area contributed by atoms with Crippen molar-refractivity contribution in [3.8, 4) is 6.07 Å². The molecule has 34 heavy (non-hydrogen) atoms. The van der Waals surface area contributed by atoms with E-state index in [2.05, 4.69) is 36.4 Å². The molecular weight excluding hydrogens is 422 g/mol. The number of rotatable bonds is 7. The second-order valence-electron chi connectivity index (χ2n) is 7.79. The Labute approximate surface area is 199 Å². The van der Waals surface area contributed by atoms with Crippen molar-refractivity contribution in [2.24, 2.45) is 5.10 Å². The van der Waals surface area contributed by atoms with E-state index in [9.17, 15) is 10.1 Å². The summed E-state index contributed by atoms with van der Waals surface area (Å²) >= 11 is 0. The normalized spacial score (nSPS) is 15.8. The van der Waals surface area contributed by atoms with Gasteiger partial charge in [-0.15, -0.1) is 0 Å². The fraction of sp³-hybridized carbons (Fsp3) is 0.138. The van der Waals surface area contributed by atoms with Crippen molar-refractivity contribution in [2.75, 3.05) is 11.6 Å². The Morgan fingerprint density at radius 1 is 1.00 bits per heavy atom. The zero-order valence-electron chi connectivity index (χ0n) is 19.0. The summed E-state index contributed by atoms with van der Waals surface area (Å²) in [7, 11) is 0. The average Bonchev–Trinajstić information content (AvgIpc) is 3.32. The minimum atomic E-state index is -0.614. The Morgan fingerprint density at radius 3 is 2.32 bits per heavy atom. The number of carbonyl (C=O) groups excluding carboxylic acids is 1. The van der Waals surface area contributed by atoms with Crippen molar-refractivity contribution in [2.45, 2.75) is 19.4 Å². The molecule has 0 bridgehead atoms. The summed E-state index contributed by atoms with van der Waals surface area (Å²) in [4.78, 5) is 11.9. The van der Waals surface area contributed by atoms with Crippen molar-refractivity contribution >= 4 is 29.5 Å². The summed E-state index contributed by atoms with van der Waals surface area (Å²) in [5.41, 5.74) is 4.97. The van der Waals surface area contributed by atoms with Crippen LogP contribution in [0.4, 0.5) is 5.69 Å². The summed E-state index contributed by atoms with van der Waals surface area (Å²) in [6.07, 6.45) is 6.48. The lowest BCUT2D eigenvalue weighted by Gasteiger charge is -2.24. The van der Waals surface area contributed by atoms with Crippen LogP contribution in [0, 0.1) is 11.3 Å². The van der Waals surface area contributed by atoms with Crippen LogP contribution in [0.5, 0.6) is 0 Å². The smallest absolute Gasteiger partial charge is 0.348 e. The maximum atomic E-state index is 11.9. The maximum Gasteiger partial charge on any atom is 0.348 e. The molecule has 0 saturated heterocycles. The Hall–Kier alpha value is -4.43. The number of nitrogens with zero attached hydrogens (tertiary/aromatic N) is 3. The highest BCUT2D eigenvalue weighted by molar-refractivity contribution is 6.01. The third kappa shape index (κ3) is 5.48. The van der Waals surface area contributed by atoms with E-state index in [-0.39, 0.29) is 18.2 Å². The fourth-order valence-corrected chi connectivity index (χ4v) is 3.80. The lowest BCUT2D eigenvalue weighted by molar-refractivity contribution is -0.137. The first kappa shape index (κ1) is 22.8. The van der Waals surface area contributed by atoms with Crippen molar-refractivity contribution in [1.29, 1.82) is 5.26 Å². The molecule has 0 fully saturated rings. The highest BCUT2D eigenvalue weighted by Crippen LogP contribution is 2.35. The molecule has 1 aliphatic heterocycles. The molecular formula is C29H25N3O2. The molecule has 5 heteroatoms. The lowest BCUT2D eigenvalue weighted by Crippen LogP contribution is -2.18. The molecule has 1 aliphatic rings. The van der Waals surface area contributed by atoms with Gasteiger partial charge in [-0.05, 0) is 47.9 Å². The molecule has 0 spiro atoms. The number of benzene rings is 3. The first-order chi connectivity index (χ1) is 16.7. The third-order valence-electron chi connectivity index (χ3n) is 5.47. The van der Waals surface area contributed by atoms with Gasteiger partial charge in [0.25, 0.3) is 0 Å². The van der Waals surface area contributed by atoms with Gasteiger partial charge >= 0.3 is 5.97 Å². The van der Waals surface area contributed by atoms with E-state index in [0.717, 1.165) is 28.9 Å². The topological polar surface area (TPSA) is 65.7 Å². The number of hydrazone groups is 1. The van der Waals surface area contributed by atoms with Crippen LogP contribution in [0.2, 0.25) is 0 Å². The summed E-state index contributed by atoms with van der Waals surface area (Å²) in [6, 6.07) is 30.1. The van der Waals surface area contributed by atoms with Gasteiger partial charge in [0.15, 0.2) is 0 Å². The van der Waals surface area contributed by atoms with Gasteiger partial charge in [-0.2, -0.15) is 10.4 Å². The molecule has 3 aromatic carbocycles. The first-order valence-corrected chi connectivity index (χ1v) is 11.2. The van der Waals surface area contributed by atoms with E-state index in [1.54, 1.807) is 6.92 Å². The predicted octanol–water partition coefficient (Wildman–Crippen LogP) is 6.18. The van der Waals surface area contributed by atoms with Crippen LogP contribution in [0.25, 0.3) is 12.2 Å². The van der Waals surface area contributed by atoms with Gasteiger partial charge < -0.3 is 4.74 Å². The van der Waals surface area contributed by atoms with Crippen LogP contribution in [-0.2, 0) is 9.53 Å². The van der Waals surface area contributed by atoms with E-state index in [0.29, 0.717) is 0 Å².